The predicted molar refractivity (Wildman–Crippen MR) is 278 cm³/mol. The van der Waals surface area contributed by atoms with E-state index in [2.05, 4.69) is 154 Å². The lowest BCUT2D eigenvalue weighted by atomic mass is 10.1. The summed E-state index contributed by atoms with van der Waals surface area (Å²) in [7, 11) is 0. The molecule has 358 valence electrons. The average Bonchev–Trinajstić information content (AvgIpc) is 3.30. The maximum atomic E-state index is 12.7. The van der Waals surface area contributed by atoms with E-state index in [9.17, 15) is 9.59 Å². The molecule has 0 amide bonds. The Morgan fingerprint density at radius 1 is 0.375 bits per heavy atom. The van der Waals surface area contributed by atoms with E-state index in [0.717, 1.165) is 109 Å². The van der Waals surface area contributed by atoms with Gasteiger partial charge in [-0.05, 0) is 116 Å². The van der Waals surface area contributed by atoms with Crippen molar-refractivity contribution < 1.29 is 23.8 Å². The molecule has 5 nitrogen and oxygen atoms in total. The van der Waals surface area contributed by atoms with E-state index >= 15 is 0 Å². The predicted octanol–water partition coefficient (Wildman–Crippen LogP) is 17.3. The molecule has 0 aromatic heterocycles. The van der Waals surface area contributed by atoms with Crippen LogP contribution in [0.5, 0.6) is 0 Å². The van der Waals surface area contributed by atoms with E-state index in [4.69, 9.17) is 14.2 Å². The van der Waals surface area contributed by atoms with E-state index in [1.807, 2.05) is 12.2 Å². The number of ether oxygens (including phenoxy) is 3. The van der Waals surface area contributed by atoms with Crippen LogP contribution in [0.3, 0.4) is 0 Å². The summed E-state index contributed by atoms with van der Waals surface area (Å²) in [4.78, 5) is 25.3. The van der Waals surface area contributed by atoms with Crippen molar-refractivity contribution in [3.63, 3.8) is 0 Å². The summed E-state index contributed by atoms with van der Waals surface area (Å²) < 4.78 is 17.2. The number of hydrogen-bond donors (Lipinski definition) is 0. The number of unbranched alkanes of at least 4 members (excludes halogenated alkanes) is 10. The highest BCUT2D eigenvalue weighted by Crippen LogP contribution is 2.11. The van der Waals surface area contributed by atoms with Gasteiger partial charge in [-0.3, -0.25) is 9.59 Å². The Bertz CT molecular complexity index is 1410. The fraction of sp³-hybridized carbons (Fsp3) is 0.559. The molecular weight excluding hydrogens is 789 g/mol. The van der Waals surface area contributed by atoms with Crippen molar-refractivity contribution in [2.45, 2.75) is 194 Å². The van der Waals surface area contributed by atoms with Crippen LogP contribution in [0.15, 0.2) is 146 Å². The van der Waals surface area contributed by atoms with Gasteiger partial charge >= 0.3 is 11.9 Å². The zero-order valence-electron chi connectivity index (χ0n) is 41.0. The molecule has 64 heavy (non-hydrogen) atoms. The topological polar surface area (TPSA) is 61.8 Å². The molecule has 0 bridgehead atoms. The Morgan fingerprint density at radius 2 is 0.750 bits per heavy atom. The largest absolute Gasteiger partial charge is 0.462 e. The Balaban J connectivity index is 4.51. The molecule has 0 spiro atoms. The fourth-order valence-corrected chi connectivity index (χ4v) is 6.18. The minimum atomic E-state index is -0.635. The third-order valence-electron chi connectivity index (χ3n) is 9.87. The molecule has 0 aromatic carbocycles. The molecular formula is C59H92O5. The summed E-state index contributed by atoms with van der Waals surface area (Å²) in [6.45, 7) is 7.28. The number of hydrogen-bond acceptors (Lipinski definition) is 5. The first-order chi connectivity index (χ1) is 31.6. The van der Waals surface area contributed by atoms with Gasteiger partial charge in [-0.2, -0.15) is 0 Å². The lowest BCUT2D eigenvalue weighted by Gasteiger charge is -2.18. The van der Waals surface area contributed by atoms with Gasteiger partial charge in [0.1, 0.15) is 6.61 Å². The van der Waals surface area contributed by atoms with Crippen LogP contribution >= 0.6 is 0 Å². The van der Waals surface area contributed by atoms with Crippen LogP contribution in [0.4, 0.5) is 0 Å². The second-order valence-electron chi connectivity index (χ2n) is 16.0. The van der Waals surface area contributed by atoms with Gasteiger partial charge < -0.3 is 14.2 Å². The first kappa shape index (κ1) is 59.8. The van der Waals surface area contributed by atoms with Crippen LogP contribution in [0.25, 0.3) is 0 Å². The summed E-state index contributed by atoms with van der Waals surface area (Å²) >= 11 is 0. The molecule has 0 aliphatic carbocycles. The number of rotatable bonds is 44. The second kappa shape index (κ2) is 53.1. The van der Waals surface area contributed by atoms with Crippen LogP contribution in [0.2, 0.25) is 0 Å². The van der Waals surface area contributed by atoms with E-state index < -0.39 is 6.10 Å². The van der Waals surface area contributed by atoms with Crippen LogP contribution < -0.4 is 0 Å². The van der Waals surface area contributed by atoms with Crippen molar-refractivity contribution in [2.24, 2.45) is 0 Å². The molecule has 0 N–H and O–H groups in total. The number of esters is 2. The SMILES string of the molecule is CC/C=C\C/C=C\C/C=C\C/C=C\C/C=C\CC(=O)OC(COCCC/C=C\C/C=C\C/C=C\C/C=C\CC)COC(=O)CCCCCCCC/C=C\C/C=C\C/C=C\CCCCC. The maximum absolute atomic E-state index is 12.7. The first-order valence-electron chi connectivity index (χ1n) is 25.4. The standard InChI is InChI=1S/C59H92O5/c1-4-7-10-13-16-19-22-25-28-29-30-31-33-34-37-40-43-46-49-52-58(60)63-56-57(55-62-54-51-48-45-42-39-36-27-24-21-18-15-12-9-6-3)64-59(61)53-50-47-44-41-38-35-32-26-23-20-17-14-11-8-5-2/h8-9,11-12,16-21,25-28,30-32,36,38,41-42,45,47,50,57H,4-7,10,13-15,22-24,29,33-35,37,39-40,43-44,46,48-49,51-56H2,1-3H3/b11-8-,12-9-,19-16-,20-17-,21-18-,28-25-,31-30-,32-26-,36-27-,41-38-,45-42-,50-47-. The van der Waals surface area contributed by atoms with Crippen molar-refractivity contribution in [1.82, 2.24) is 0 Å². The zero-order valence-corrected chi connectivity index (χ0v) is 41.0. The van der Waals surface area contributed by atoms with Gasteiger partial charge in [0, 0.05) is 13.0 Å². The number of carbonyl (C=O) groups is 2. The van der Waals surface area contributed by atoms with Crippen LogP contribution in [0.1, 0.15) is 188 Å². The molecule has 0 heterocycles. The molecule has 0 aromatic rings. The van der Waals surface area contributed by atoms with Crippen molar-refractivity contribution in [3.8, 4) is 0 Å². The van der Waals surface area contributed by atoms with E-state index in [-0.39, 0.29) is 31.6 Å². The Labute approximate surface area is 393 Å². The monoisotopic (exact) mass is 881 g/mol. The van der Waals surface area contributed by atoms with Crippen molar-refractivity contribution in [2.75, 3.05) is 19.8 Å². The second-order valence-corrected chi connectivity index (χ2v) is 16.0. The fourth-order valence-electron chi connectivity index (χ4n) is 6.18. The molecule has 1 unspecified atom stereocenters. The average molecular weight is 881 g/mol. The van der Waals surface area contributed by atoms with Gasteiger partial charge in [0.05, 0.1) is 13.0 Å². The highest BCUT2D eigenvalue weighted by Gasteiger charge is 2.17. The molecule has 0 fully saturated rings. The Kier molecular flexibility index (Phi) is 49.6. The van der Waals surface area contributed by atoms with E-state index in [1.54, 1.807) is 0 Å². The summed E-state index contributed by atoms with van der Waals surface area (Å²) in [5.41, 5.74) is 0. The normalized spacial score (nSPS) is 13.5. The molecule has 0 radical (unpaired) electrons. The number of carbonyl (C=O) groups excluding carboxylic acids is 2. The summed E-state index contributed by atoms with van der Waals surface area (Å²) in [5.74, 6) is -0.602. The minimum Gasteiger partial charge on any atom is -0.462 e. The van der Waals surface area contributed by atoms with Gasteiger partial charge in [0.25, 0.3) is 0 Å². The lowest BCUT2D eigenvalue weighted by Crippen LogP contribution is -2.29. The summed E-state index contributed by atoms with van der Waals surface area (Å²) in [6.07, 6.45) is 77.5. The van der Waals surface area contributed by atoms with E-state index in [0.29, 0.717) is 13.0 Å². The lowest BCUT2D eigenvalue weighted by molar-refractivity contribution is -0.162. The van der Waals surface area contributed by atoms with Gasteiger partial charge in [-0.25, -0.2) is 0 Å². The molecule has 0 aliphatic rings. The van der Waals surface area contributed by atoms with Crippen molar-refractivity contribution >= 4 is 11.9 Å². The quantitative estimate of drug-likeness (QED) is 0.0347. The van der Waals surface area contributed by atoms with Crippen LogP contribution in [-0.2, 0) is 23.8 Å². The first-order valence-corrected chi connectivity index (χ1v) is 25.4. The van der Waals surface area contributed by atoms with E-state index in [1.165, 1.54) is 44.9 Å². The molecule has 0 saturated heterocycles. The molecule has 0 aliphatic heterocycles. The number of allylic oxidation sites excluding steroid dienone is 23. The Morgan fingerprint density at radius 3 is 1.20 bits per heavy atom. The van der Waals surface area contributed by atoms with Crippen molar-refractivity contribution in [3.05, 3.63) is 146 Å². The molecule has 1 atom stereocenters. The van der Waals surface area contributed by atoms with Crippen LogP contribution in [0, 0.1) is 0 Å². The smallest absolute Gasteiger partial charge is 0.310 e. The van der Waals surface area contributed by atoms with Gasteiger partial charge in [-0.1, -0.05) is 205 Å². The summed E-state index contributed by atoms with van der Waals surface area (Å²) in [5, 5.41) is 0. The molecule has 5 heteroatoms. The highest BCUT2D eigenvalue weighted by atomic mass is 16.6. The minimum absolute atomic E-state index is 0.00654. The third-order valence-corrected chi connectivity index (χ3v) is 9.87. The molecule has 0 saturated carbocycles. The van der Waals surface area contributed by atoms with Gasteiger partial charge in [0.2, 0.25) is 0 Å². The van der Waals surface area contributed by atoms with Crippen LogP contribution in [-0.4, -0.2) is 37.9 Å². The van der Waals surface area contributed by atoms with Gasteiger partial charge in [0.15, 0.2) is 6.10 Å². The zero-order chi connectivity index (χ0) is 46.3. The molecule has 0 rings (SSSR count). The summed E-state index contributed by atoms with van der Waals surface area (Å²) in [6, 6.07) is 0. The van der Waals surface area contributed by atoms with Crippen molar-refractivity contribution in [1.29, 1.82) is 0 Å². The maximum Gasteiger partial charge on any atom is 0.310 e. The highest BCUT2D eigenvalue weighted by molar-refractivity contribution is 5.71. The Hall–Kier alpha value is -4.22. The van der Waals surface area contributed by atoms with Gasteiger partial charge in [-0.15, -0.1) is 0 Å². The third kappa shape index (κ3) is 50.4.